The van der Waals surface area contributed by atoms with Gasteiger partial charge >= 0.3 is 0 Å². The number of aliphatic imine (C=N–C) groups is 1. The second kappa shape index (κ2) is 7.95. The Morgan fingerprint density at radius 3 is 2.57 bits per heavy atom. The number of benzene rings is 1. The van der Waals surface area contributed by atoms with Crippen molar-refractivity contribution in [1.29, 1.82) is 0 Å². The van der Waals surface area contributed by atoms with Gasteiger partial charge in [0, 0.05) is 39.8 Å². The summed E-state index contributed by atoms with van der Waals surface area (Å²) in [6.07, 6.45) is 0. The van der Waals surface area contributed by atoms with Crippen LogP contribution >= 0.6 is 0 Å². The van der Waals surface area contributed by atoms with Gasteiger partial charge in [-0.05, 0) is 12.1 Å². The van der Waals surface area contributed by atoms with Gasteiger partial charge in [0.15, 0.2) is 0 Å². The van der Waals surface area contributed by atoms with Crippen LogP contribution in [0.1, 0.15) is 0 Å². The first-order chi connectivity index (χ1) is 6.36. The van der Waals surface area contributed by atoms with E-state index >= 15 is 0 Å². The van der Waals surface area contributed by atoms with E-state index in [1.165, 1.54) is 0 Å². The van der Waals surface area contributed by atoms with Crippen molar-refractivity contribution in [2.45, 2.75) is 0 Å². The second-order valence-electron chi connectivity index (χ2n) is 2.37. The van der Waals surface area contributed by atoms with Crippen molar-refractivity contribution in [2.24, 2.45) is 4.99 Å². The molecule has 0 aliphatic rings. The minimum atomic E-state index is 0. The van der Waals surface area contributed by atoms with Crippen molar-refractivity contribution in [3.63, 3.8) is 0 Å². The largest absolute Gasteiger partial charge is 0.426 e. The van der Waals surface area contributed by atoms with E-state index in [2.05, 4.69) is 17.2 Å². The average molecular weight is 266 g/mol. The predicted octanol–water partition coefficient (Wildman–Crippen LogP) is 1.47. The molecule has 1 aromatic carbocycles. The zero-order valence-electron chi connectivity index (χ0n) is 8.23. The molecule has 0 amide bonds. The fourth-order valence-electron chi connectivity index (χ4n) is 0.868. The normalized spacial score (nSPS) is 10.3. The van der Waals surface area contributed by atoms with Crippen LogP contribution in [0.5, 0.6) is 5.75 Å². The molecule has 73 valence electrons. The molecule has 0 aliphatic heterocycles. The van der Waals surface area contributed by atoms with Crippen LogP contribution in [0.15, 0.2) is 35.3 Å². The van der Waals surface area contributed by atoms with Gasteiger partial charge < -0.3 is 17.0 Å². The first-order valence-electron chi connectivity index (χ1n) is 4.09. The summed E-state index contributed by atoms with van der Waals surface area (Å²) in [4.78, 5) is 3.92. The molecule has 1 rings (SSSR count). The number of rotatable bonds is 2. The van der Waals surface area contributed by atoms with Gasteiger partial charge in [0.25, 0.3) is 6.02 Å². The molecule has 0 saturated carbocycles. The molecule has 0 unspecified atom stereocenters. The fraction of sp³-hybridized carbons (Fsp3) is 0.200. The average Bonchev–Trinajstić information content (AvgIpc) is 2.19. The molecule has 4 heteroatoms. The van der Waals surface area contributed by atoms with E-state index in [0.29, 0.717) is 12.6 Å². The van der Waals surface area contributed by atoms with E-state index in [9.17, 15) is 0 Å². The summed E-state index contributed by atoms with van der Waals surface area (Å²) in [6.45, 7) is 4.20. The van der Waals surface area contributed by atoms with Crippen molar-refractivity contribution in [2.75, 3.05) is 13.6 Å². The fourth-order valence-corrected chi connectivity index (χ4v) is 0.868. The van der Waals surface area contributed by atoms with Gasteiger partial charge in [0.1, 0.15) is 5.75 Å². The zero-order valence-corrected chi connectivity index (χ0v) is 11.1. The van der Waals surface area contributed by atoms with Gasteiger partial charge in [-0.2, -0.15) is 0 Å². The van der Waals surface area contributed by atoms with E-state index in [0.717, 1.165) is 5.75 Å². The monoisotopic (exact) mass is 266 g/mol. The number of amidine groups is 1. The summed E-state index contributed by atoms with van der Waals surface area (Å²) < 4.78 is 5.40. The van der Waals surface area contributed by atoms with Crippen LogP contribution < -0.4 is 10.1 Å². The van der Waals surface area contributed by atoms with Gasteiger partial charge in [0.2, 0.25) is 0 Å². The number of nitrogens with one attached hydrogen (secondary N) is 1. The van der Waals surface area contributed by atoms with Gasteiger partial charge in [-0.25, -0.2) is 4.99 Å². The van der Waals surface area contributed by atoms with E-state index < -0.39 is 0 Å². The third-order valence-electron chi connectivity index (χ3n) is 1.44. The van der Waals surface area contributed by atoms with Crippen LogP contribution in [0.4, 0.5) is 0 Å². The van der Waals surface area contributed by atoms with Gasteiger partial charge in [0.05, 0.1) is 0 Å². The van der Waals surface area contributed by atoms with E-state index in [1.807, 2.05) is 30.3 Å². The van der Waals surface area contributed by atoms with Crippen molar-refractivity contribution >= 4 is 6.02 Å². The summed E-state index contributed by atoms with van der Waals surface area (Å²) in [5, 5.41) is 2.90. The second-order valence-corrected chi connectivity index (χ2v) is 2.37. The van der Waals surface area contributed by atoms with Crippen molar-refractivity contribution < 1.29 is 37.4 Å². The van der Waals surface area contributed by atoms with Gasteiger partial charge in [-0.15, -0.1) is 6.54 Å². The molecule has 0 spiro atoms. The minimum absolute atomic E-state index is 0. The van der Waals surface area contributed by atoms with Crippen LogP contribution in [0.25, 0.3) is 0 Å². The first kappa shape index (κ1) is 13.6. The molecule has 0 fully saturated rings. The summed E-state index contributed by atoms with van der Waals surface area (Å²) in [5.41, 5.74) is 0. The molecule has 1 N–H and O–H groups in total. The number of hydrogen-bond acceptors (Lipinski definition) is 2. The quantitative estimate of drug-likeness (QED) is 0.499. The Labute approximate surface area is 110 Å². The van der Waals surface area contributed by atoms with Crippen LogP contribution in [-0.4, -0.2) is 19.6 Å². The summed E-state index contributed by atoms with van der Waals surface area (Å²) in [5.74, 6) is 0.768. The standard InChI is InChI=1S/C10H13N2O.Y/c1-3-12-10(11-2)13-9-7-5-4-6-8-9;/h4-8H,1,3H2,2H3,(H,11,12);/q-1;. The summed E-state index contributed by atoms with van der Waals surface area (Å²) in [7, 11) is 1.67. The molecule has 0 atom stereocenters. The van der Waals surface area contributed by atoms with Crippen LogP contribution in [-0.2, 0) is 32.7 Å². The number of hydrogen-bond donors (Lipinski definition) is 1. The molecule has 0 aliphatic carbocycles. The number of ether oxygens (including phenoxy) is 1. The Balaban J connectivity index is 0.00000169. The Bertz CT molecular complexity index is 275. The van der Waals surface area contributed by atoms with E-state index in [4.69, 9.17) is 4.74 Å². The van der Waals surface area contributed by atoms with Gasteiger partial charge in [-0.1, -0.05) is 18.2 Å². The Kier molecular flexibility index (Phi) is 7.72. The third-order valence-corrected chi connectivity index (χ3v) is 1.44. The number of nitrogens with zero attached hydrogens (tertiary/aromatic N) is 1. The Hall–Kier alpha value is -0.406. The number of para-hydroxylation sites is 1. The molecule has 0 bridgehead atoms. The molecule has 0 saturated heterocycles. The Morgan fingerprint density at radius 1 is 1.43 bits per heavy atom. The molecular weight excluding hydrogens is 253 g/mol. The minimum Gasteiger partial charge on any atom is -0.426 e. The van der Waals surface area contributed by atoms with E-state index in [-0.39, 0.29) is 32.7 Å². The first-order valence-corrected chi connectivity index (χ1v) is 4.09. The zero-order chi connectivity index (χ0) is 9.52. The molecule has 1 radical (unpaired) electrons. The van der Waals surface area contributed by atoms with Crippen LogP contribution in [0, 0.1) is 6.92 Å². The molecule has 0 aromatic heterocycles. The van der Waals surface area contributed by atoms with E-state index in [1.54, 1.807) is 7.05 Å². The molecule has 0 heterocycles. The third kappa shape index (κ3) is 4.73. The van der Waals surface area contributed by atoms with Crippen molar-refractivity contribution in [3.8, 4) is 5.75 Å². The SMILES string of the molecule is [CH2-]CNC(=NC)Oc1ccccc1.[Y]. The topological polar surface area (TPSA) is 33.6 Å². The molecule has 3 nitrogen and oxygen atoms in total. The molecule has 14 heavy (non-hydrogen) atoms. The summed E-state index contributed by atoms with van der Waals surface area (Å²) >= 11 is 0. The maximum atomic E-state index is 5.40. The maximum Gasteiger partial charge on any atom is 0.287 e. The predicted molar refractivity (Wildman–Crippen MR) is 53.8 cm³/mol. The Morgan fingerprint density at radius 2 is 2.07 bits per heavy atom. The van der Waals surface area contributed by atoms with Crippen LogP contribution in [0.3, 0.4) is 0 Å². The molecular formula is C10H13N2OY-. The van der Waals surface area contributed by atoms with Crippen molar-refractivity contribution in [3.05, 3.63) is 37.3 Å². The smallest absolute Gasteiger partial charge is 0.287 e. The van der Waals surface area contributed by atoms with Crippen molar-refractivity contribution in [1.82, 2.24) is 5.32 Å². The van der Waals surface area contributed by atoms with Crippen LogP contribution in [0.2, 0.25) is 0 Å². The maximum absolute atomic E-state index is 5.40. The molecule has 1 aromatic rings. The van der Waals surface area contributed by atoms with Gasteiger partial charge in [-0.3, -0.25) is 0 Å². The summed E-state index contributed by atoms with van der Waals surface area (Å²) in [6, 6.07) is 9.98.